The number of aliphatic carboxylic acids is 2. The normalized spacial score (nSPS) is 13.2. The maximum Gasteiger partial charge on any atom is 0.326 e. The van der Waals surface area contributed by atoms with Gasteiger partial charge >= 0.3 is 11.9 Å². The van der Waals surface area contributed by atoms with Crippen molar-refractivity contribution in [2.75, 3.05) is 6.54 Å². The molecule has 194 valence electrons. The highest BCUT2D eigenvalue weighted by atomic mass is 16.4. The van der Waals surface area contributed by atoms with Gasteiger partial charge in [0, 0.05) is 29.9 Å². The molecule has 2 rings (SSSR count). The Labute approximate surface area is 204 Å². The van der Waals surface area contributed by atoms with Crippen molar-refractivity contribution in [1.29, 1.82) is 0 Å². The third-order valence-electron chi connectivity index (χ3n) is 5.24. The van der Waals surface area contributed by atoms with E-state index in [0.717, 1.165) is 10.9 Å². The van der Waals surface area contributed by atoms with Gasteiger partial charge in [-0.3, -0.25) is 24.0 Å². The average Bonchev–Trinajstić information content (AvgIpc) is 3.22. The molecule has 14 heteroatoms. The number of rotatable bonds is 14. The van der Waals surface area contributed by atoms with Crippen molar-refractivity contribution in [2.45, 2.75) is 43.8 Å². The van der Waals surface area contributed by atoms with Crippen LogP contribution in [0, 0.1) is 0 Å². The Morgan fingerprint density at radius 2 is 1.56 bits per heavy atom. The number of carbonyl (C=O) groups excluding carboxylic acids is 4. The van der Waals surface area contributed by atoms with Crippen LogP contribution in [0.5, 0.6) is 0 Å². The molecule has 0 bridgehead atoms. The number of aromatic nitrogens is 1. The SMILES string of the molecule is NCC(=O)NC(CC(=O)O)C(=O)NC(CCC(N)=O)C(=O)NC(Cc1c[nH]c2ccccc12)C(=O)O. The standard InChI is InChI=1S/C22H28N6O8/c23-9-18(30)26-15(8-19(31)32)21(34)27-14(5-6-17(24)29)20(33)28-16(22(35)36)7-11-10-25-13-4-2-1-3-12(11)13/h1-4,10,14-16,25H,5-9,23H2,(H2,24,29)(H,26,30)(H,27,34)(H,28,33)(H,31,32)(H,35,36). The van der Waals surface area contributed by atoms with Crippen LogP contribution in [0.4, 0.5) is 0 Å². The molecule has 0 saturated heterocycles. The Balaban J connectivity index is 2.20. The lowest BCUT2D eigenvalue weighted by atomic mass is 10.0. The van der Waals surface area contributed by atoms with Crippen LogP contribution in [0.3, 0.4) is 0 Å². The molecule has 0 radical (unpaired) electrons. The lowest BCUT2D eigenvalue weighted by Gasteiger charge is -2.23. The molecule has 36 heavy (non-hydrogen) atoms. The van der Waals surface area contributed by atoms with Gasteiger partial charge in [0.15, 0.2) is 0 Å². The summed E-state index contributed by atoms with van der Waals surface area (Å²) in [6.45, 7) is -0.511. The Kier molecular flexibility index (Phi) is 9.92. The lowest BCUT2D eigenvalue weighted by molar-refractivity contribution is -0.143. The molecule has 10 N–H and O–H groups in total. The molecule has 0 fully saturated rings. The van der Waals surface area contributed by atoms with E-state index >= 15 is 0 Å². The Morgan fingerprint density at radius 3 is 2.17 bits per heavy atom. The van der Waals surface area contributed by atoms with E-state index in [-0.39, 0.29) is 19.3 Å². The van der Waals surface area contributed by atoms with Crippen LogP contribution < -0.4 is 27.4 Å². The summed E-state index contributed by atoms with van der Waals surface area (Å²) in [6, 6.07) is 2.77. The zero-order chi connectivity index (χ0) is 26.8. The minimum atomic E-state index is -1.57. The van der Waals surface area contributed by atoms with Crippen molar-refractivity contribution in [3.05, 3.63) is 36.0 Å². The second kappa shape index (κ2) is 12.9. The molecule has 4 amide bonds. The Hall–Kier alpha value is -4.46. The number of hydrogen-bond donors (Lipinski definition) is 8. The number of para-hydroxylation sites is 1. The van der Waals surface area contributed by atoms with Gasteiger partial charge in [-0.1, -0.05) is 18.2 Å². The van der Waals surface area contributed by atoms with Gasteiger partial charge in [-0.25, -0.2) is 4.79 Å². The van der Waals surface area contributed by atoms with Crippen molar-refractivity contribution in [3.8, 4) is 0 Å². The summed E-state index contributed by atoms with van der Waals surface area (Å²) in [5.74, 6) is -6.31. The summed E-state index contributed by atoms with van der Waals surface area (Å²) in [7, 11) is 0. The third-order valence-corrected chi connectivity index (χ3v) is 5.24. The Morgan fingerprint density at radius 1 is 0.917 bits per heavy atom. The molecular formula is C22H28N6O8. The fourth-order valence-corrected chi connectivity index (χ4v) is 3.46. The quantitative estimate of drug-likeness (QED) is 0.141. The first kappa shape index (κ1) is 27.8. The highest BCUT2D eigenvalue weighted by molar-refractivity contribution is 5.95. The van der Waals surface area contributed by atoms with E-state index in [1.54, 1.807) is 30.5 Å². The number of H-pyrrole nitrogens is 1. The van der Waals surface area contributed by atoms with E-state index in [1.807, 2.05) is 0 Å². The number of primary amides is 1. The highest BCUT2D eigenvalue weighted by Crippen LogP contribution is 2.19. The smallest absolute Gasteiger partial charge is 0.326 e. The zero-order valence-corrected chi connectivity index (χ0v) is 19.2. The van der Waals surface area contributed by atoms with Crippen molar-refractivity contribution < 1.29 is 39.0 Å². The van der Waals surface area contributed by atoms with Crippen molar-refractivity contribution in [3.63, 3.8) is 0 Å². The summed E-state index contributed by atoms with van der Waals surface area (Å²) < 4.78 is 0. The number of carbonyl (C=O) groups is 6. The maximum atomic E-state index is 12.9. The van der Waals surface area contributed by atoms with E-state index < -0.39 is 66.7 Å². The molecule has 2 aromatic rings. The molecule has 3 unspecified atom stereocenters. The first-order valence-electron chi connectivity index (χ1n) is 10.9. The van der Waals surface area contributed by atoms with Crippen LogP contribution in [0.2, 0.25) is 0 Å². The van der Waals surface area contributed by atoms with Crippen LogP contribution in [-0.4, -0.2) is 75.4 Å². The molecule has 0 saturated carbocycles. The van der Waals surface area contributed by atoms with Crippen LogP contribution >= 0.6 is 0 Å². The number of hydrogen-bond acceptors (Lipinski definition) is 7. The monoisotopic (exact) mass is 504 g/mol. The second-order valence-electron chi connectivity index (χ2n) is 7.95. The molecule has 14 nitrogen and oxygen atoms in total. The van der Waals surface area contributed by atoms with Crippen molar-refractivity contribution in [1.82, 2.24) is 20.9 Å². The summed E-state index contributed by atoms with van der Waals surface area (Å²) in [5.41, 5.74) is 11.7. The molecular weight excluding hydrogens is 476 g/mol. The first-order chi connectivity index (χ1) is 17.0. The third kappa shape index (κ3) is 8.09. The number of nitrogens with two attached hydrogens (primary N) is 2. The number of aromatic amines is 1. The summed E-state index contributed by atoms with van der Waals surface area (Å²) in [5, 5.41) is 26.2. The number of amides is 4. The maximum absolute atomic E-state index is 12.9. The molecule has 3 atom stereocenters. The largest absolute Gasteiger partial charge is 0.481 e. The lowest BCUT2D eigenvalue weighted by Crippen LogP contribution is -2.57. The van der Waals surface area contributed by atoms with Gasteiger partial charge < -0.3 is 42.6 Å². The van der Waals surface area contributed by atoms with E-state index in [9.17, 15) is 33.9 Å². The van der Waals surface area contributed by atoms with Gasteiger partial charge in [-0.15, -0.1) is 0 Å². The number of benzene rings is 1. The predicted octanol–water partition coefficient (Wildman–Crippen LogP) is -2.05. The van der Waals surface area contributed by atoms with Crippen molar-refractivity contribution in [2.24, 2.45) is 11.5 Å². The van der Waals surface area contributed by atoms with Crippen LogP contribution in [0.15, 0.2) is 30.5 Å². The van der Waals surface area contributed by atoms with Crippen molar-refractivity contribution >= 4 is 46.5 Å². The van der Waals surface area contributed by atoms with Gasteiger partial charge in [0.25, 0.3) is 0 Å². The van der Waals surface area contributed by atoms with Gasteiger partial charge in [0.1, 0.15) is 18.1 Å². The minimum absolute atomic E-state index is 0.0875. The minimum Gasteiger partial charge on any atom is -0.481 e. The van der Waals surface area contributed by atoms with E-state index in [4.69, 9.17) is 16.6 Å². The molecule has 1 aromatic carbocycles. The fraction of sp³-hybridized carbons (Fsp3) is 0.364. The molecule has 0 spiro atoms. The average molecular weight is 505 g/mol. The topological polar surface area (TPSA) is 247 Å². The van der Waals surface area contributed by atoms with Crippen LogP contribution in [-0.2, 0) is 35.2 Å². The Bertz CT molecular complexity index is 1150. The number of nitrogens with one attached hydrogen (secondary N) is 4. The number of carboxylic acid groups (broad SMARTS) is 2. The molecule has 0 aliphatic carbocycles. The van der Waals surface area contributed by atoms with Crippen LogP contribution in [0.25, 0.3) is 10.9 Å². The molecule has 0 aliphatic rings. The first-order valence-corrected chi connectivity index (χ1v) is 10.9. The van der Waals surface area contributed by atoms with Gasteiger partial charge in [-0.05, 0) is 18.1 Å². The molecule has 0 aliphatic heterocycles. The summed E-state index contributed by atoms with van der Waals surface area (Å²) >= 11 is 0. The summed E-state index contributed by atoms with van der Waals surface area (Å²) in [4.78, 5) is 74.5. The highest BCUT2D eigenvalue weighted by Gasteiger charge is 2.31. The van der Waals surface area contributed by atoms with E-state index in [1.165, 1.54) is 0 Å². The molecule has 1 heterocycles. The van der Waals surface area contributed by atoms with Gasteiger partial charge in [0.2, 0.25) is 23.6 Å². The van der Waals surface area contributed by atoms with Crippen LogP contribution in [0.1, 0.15) is 24.8 Å². The summed E-state index contributed by atoms with van der Waals surface area (Å²) in [6.07, 6.45) is 0.0970. The number of fused-ring (bicyclic) bond motifs is 1. The van der Waals surface area contributed by atoms with Gasteiger partial charge in [-0.2, -0.15) is 0 Å². The molecule has 1 aromatic heterocycles. The van der Waals surface area contributed by atoms with Gasteiger partial charge in [0.05, 0.1) is 13.0 Å². The predicted molar refractivity (Wildman–Crippen MR) is 125 cm³/mol. The van der Waals surface area contributed by atoms with E-state index in [0.29, 0.717) is 5.56 Å². The zero-order valence-electron chi connectivity index (χ0n) is 19.2. The number of carboxylic acids is 2. The van der Waals surface area contributed by atoms with E-state index in [2.05, 4.69) is 20.9 Å². The fourth-order valence-electron chi connectivity index (χ4n) is 3.46. The second-order valence-corrected chi connectivity index (χ2v) is 7.95.